The van der Waals surface area contributed by atoms with Crippen molar-refractivity contribution >= 4 is 22.9 Å². The van der Waals surface area contributed by atoms with Crippen LogP contribution < -0.4 is 10.6 Å². The zero-order chi connectivity index (χ0) is 15.7. The van der Waals surface area contributed by atoms with E-state index in [4.69, 9.17) is 18.0 Å². The fraction of sp³-hybridized carbons (Fsp3) is 0.500. The second-order valence-electron chi connectivity index (χ2n) is 5.58. The molecule has 0 aromatic heterocycles. The van der Waals surface area contributed by atoms with Crippen LogP contribution >= 0.6 is 12.2 Å². The molecule has 1 fully saturated rings. The van der Waals surface area contributed by atoms with Gasteiger partial charge in [-0.1, -0.05) is 12.2 Å². The van der Waals surface area contributed by atoms with Crippen LogP contribution in [-0.4, -0.2) is 54.3 Å². The first-order valence-corrected chi connectivity index (χ1v) is 7.09. The maximum atomic E-state index is 14.3. The maximum absolute atomic E-state index is 14.3. The summed E-state index contributed by atoms with van der Waals surface area (Å²) in [5, 5.41) is 9.83. The number of halogens is 2. The van der Waals surface area contributed by atoms with E-state index in [0.717, 1.165) is 0 Å². The van der Waals surface area contributed by atoms with Crippen LogP contribution in [0.15, 0.2) is 12.1 Å². The Morgan fingerprint density at radius 2 is 2.10 bits per heavy atom. The lowest BCUT2D eigenvalue weighted by Crippen LogP contribution is -2.38. The predicted octanol–water partition coefficient (Wildman–Crippen LogP) is 1.10. The fourth-order valence-corrected chi connectivity index (χ4v) is 2.89. The first-order valence-electron chi connectivity index (χ1n) is 6.68. The Balaban J connectivity index is 2.36. The smallest absolute Gasteiger partial charge is 0.182 e. The molecular weight excluding hydrogens is 296 g/mol. The Hall–Kier alpha value is -1.31. The normalized spacial score (nSPS) is 22.1. The number of hydrogen-bond acceptors (Lipinski definition) is 4. The third kappa shape index (κ3) is 3.30. The van der Waals surface area contributed by atoms with Crippen molar-refractivity contribution in [1.82, 2.24) is 4.90 Å². The van der Waals surface area contributed by atoms with Gasteiger partial charge in [0.15, 0.2) is 11.6 Å². The van der Waals surface area contributed by atoms with Gasteiger partial charge in [0.25, 0.3) is 0 Å². The van der Waals surface area contributed by atoms with Gasteiger partial charge < -0.3 is 20.6 Å². The summed E-state index contributed by atoms with van der Waals surface area (Å²) in [6.45, 7) is 0.927. The van der Waals surface area contributed by atoms with E-state index in [1.165, 1.54) is 12.1 Å². The van der Waals surface area contributed by atoms with Gasteiger partial charge in [-0.3, -0.25) is 0 Å². The molecule has 116 valence electrons. The van der Waals surface area contributed by atoms with Crippen LogP contribution in [0.25, 0.3) is 0 Å². The highest BCUT2D eigenvalue weighted by Gasteiger charge is 2.33. The molecule has 0 spiro atoms. The molecule has 2 atom stereocenters. The molecule has 1 aromatic rings. The van der Waals surface area contributed by atoms with Crippen LogP contribution in [0.4, 0.5) is 14.5 Å². The van der Waals surface area contributed by atoms with E-state index in [-0.39, 0.29) is 28.8 Å². The van der Waals surface area contributed by atoms with E-state index in [1.807, 2.05) is 19.0 Å². The number of nitrogens with zero attached hydrogens (tertiary/aromatic N) is 2. The predicted molar refractivity (Wildman–Crippen MR) is 82.6 cm³/mol. The molecule has 4 nitrogen and oxygen atoms in total. The molecule has 3 N–H and O–H groups in total. The molecule has 0 amide bonds. The van der Waals surface area contributed by atoms with Crippen LogP contribution in [-0.2, 0) is 0 Å². The number of anilines is 1. The summed E-state index contributed by atoms with van der Waals surface area (Å²) in [6.07, 6.45) is -0.0244. The number of benzene rings is 1. The minimum absolute atomic E-state index is 0.0698. The SMILES string of the molecule is CN(C)CC1CC(O)CN1c1ccc(C(N)=S)c(F)c1F. The van der Waals surface area contributed by atoms with Gasteiger partial charge in [-0.2, -0.15) is 0 Å². The third-order valence-electron chi connectivity index (χ3n) is 3.61. The van der Waals surface area contributed by atoms with Crippen molar-refractivity contribution in [3.05, 3.63) is 29.3 Å². The molecule has 21 heavy (non-hydrogen) atoms. The van der Waals surface area contributed by atoms with Gasteiger partial charge in [-0.15, -0.1) is 0 Å². The molecule has 0 bridgehead atoms. The summed E-state index contributed by atoms with van der Waals surface area (Å²) in [7, 11) is 3.80. The molecule has 1 aromatic carbocycles. The van der Waals surface area contributed by atoms with Crippen molar-refractivity contribution in [2.75, 3.05) is 32.1 Å². The van der Waals surface area contributed by atoms with Gasteiger partial charge in [-0.25, -0.2) is 8.78 Å². The maximum Gasteiger partial charge on any atom is 0.182 e. The van der Waals surface area contributed by atoms with Gasteiger partial charge in [0.2, 0.25) is 0 Å². The Kier molecular flexibility index (Phi) is 4.75. The number of hydrogen-bond donors (Lipinski definition) is 2. The molecule has 1 aliphatic rings. The van der Waals surface area contributed by atoms with Gasteiger partial charge >= 0.3 is 0 Å². The van der Waals surface area contributed by atoms with E-state index < -0.39 is 17.7 Å². The molecular formula is C14H19F2N3OS. The average Bonchev–Trinajstić information content (AvgIpc) is 2.72. The summed E-state index contributed by atoms with van der Waals surface area (Å²) in [5.41, 5.74) is 5.40. The monoisotopic (exact) mass is 315 g/mol. The minimum atomic E-state index is -1.04. The van der Waals surface area contributed by atoms with Gasteiger partial charge in [0.1, 0.15) is 4.99 Å². The lowest BCUT2D eigenvalue weighted by molar-refractivity contribution is 0.191. The summed E-state index contributed by atoms with van der Waals surface area (Å²) in [4.78, 5) is 3.48. The Labute approximate surface area is 128 Å². The minimum Gasteiger partial charge on any atom is -0.391 e. The lowest BCUT2D eigenvalue weighted by Gasteiger charge is -2.29. The van der Waals surface area contributed by atoms with Crippen molar-refractivity contribution < 1.29 is 13.9 Å². The summed E-state index contributed by atoms with van der Waals surface area (Å²) in [5.74, 6) is -2.01. The summed E-state index contributed by atoms with van der Waals surface area (Å²) in [6, 6.07) is 2.78. The number of aliphatic hydroxyl groups excluding tert-OH is 1. The second kappa shape index (κ2) is 6.21. The molecule has 1 aliphatic heterocycles. The van der Waals surface area contributed by atoms with Gasteiger partial charge in [0.05, 0.1) is 11.8 Å². The van der Waals surface area contributed by atoms with E-state index in [2.05, 4.69) is 0 Å². The molecule has 2 rings (SSSR count). The standard InChI is InChI=1S/C14H19F2N3OS/c1-18(2)6-8-5-9(20)7-19(8)11-4-3-10(14(17)21)12(15)13(11)16/h3-4,8-9,20H,5-7H2,1-2H3,(H2,17,21). The van der Waals surface area contributed by atoms with Crippen molar-refractivity contribution in [3.8, 4) is 0 Å². The molecule has 0 radical (unpaired) electrons. The number of nitrogens with two attached hydrogens (primary N) is 1. The number of rotatable bonds is 4. The number of thiocarbonyl (C=S) groups is 1. The fourth-order valence-electron chi connectivity index (χ4n) is 2.73. The molecule has 2 unspecified atom stereocenters. The van der Waals surface area contributed by atoms with Crippen molar-refractivity contribution in [2.24, 2.45) is 5.73 Å². The van der Waals surface area contributed by atoms with Crippen LogP contribution in [0.3, 0.4) is 0 Å². The lowest BCUT2D eigenvalue weighted by atomic mass is 10.1. The van der Waals surface area contributed by atoms with Crippen molar-refractivity contribution in [3.63, 3.8) is 0 Å². The molecule has 1 heterocycles. The second-order valence-corrected chi connectivity index (χ2v) is 6.02. The van der Waals surface area contributed by atoms with Gasteiger partial charge in [0, 0.05) is 24.7 Å². The molecule has 0 aliphatic carbocycles. The highest BCUT2D eigenvalue weighted by atomic mass is 32.1. The van der Waals surface area contributed by atoms with Crippen LogP contribution in [0.2, 0.25) is 0 Å². The highest BCUT2D eigenvalue weighted by molar-refractivity contribution is 7.80. The van der Waals surface area contributed by atoms with Crippen LogP contribution in [0.1, 0.15) is 12.0 Å². The third-order valence-corrected chi connectivity index (χ3v) is 3.82. The van der Waals surface area contributed by atoms with E-state index >= 15 is 0 Å². The highest BCUT2D eigenvalue weighted by Crippen LogP contribution is 2.30. The first-order chi connectivity index (χ1) is 9.81. The largest absolute Gasteiger partial charge is 0.391 e. The zero-order valence-corrected chi connectivity index (χ0v) is 12.8. The van der Waals surface area contributed by atoms with E-state index in [1.54, 1.807) is 4.90 Å². The topological polar surface area (TPSA) is 52.7 Å². The number of likely N-dealkylation sites (N-methyl/N-ethyl adjacent to an activating group) is 1. The van der Waals surface area contributed by atoms with Crippen molar-refractivity contribution in [2.45, 2.75) is 18.6 Å². The molecule has 0 saturated carbocycles. The van der Waals surface area contributed by atoms with E-state index in [9.17, 15) is 13.9 Å². The molecule has 1 saturated heterocycles. The Morgan fingerprint density at radius 3 is 2.67 bits per heavy atom. The van der Waals surface area contributed by atoms with Crippen LogP contribution in [0, 0.1) is 11.6 Å². The average molecular weight is 315 g/mol. The Bertz CT molecular complexity index is 553. The quantitative estimate of drug-likeness (QED) is 0.815. The zero-order valence-electron chi connectivity index (χ0n) is 12.0. The van der Waals surface area contributed by atoms with E-state index in [0.29, 0.717) is 13.0 Å². The first kappa shape index (κ1) is 16.1. The Morgan fingerprint density at radius 1 is 1.43 bits per heavy atom. The van der Waals surface area contributed by atoms with Gasteiger partial charge in [-0.05, 0) is 32.6 Å². The molecule has 7 heteroatoms. The number of β-amino-alcohol motifs (C(OH)–C–C–N with tert-alkyl or cyclic N) is 1. The van der Waals surface area contributed by atoms with Crippen LogP contribution in [0.5, 0.6) is 0 Å². The number of aliphatic hydroxyl groups is 1. The summed E-state index contributed by atoms with van der Waals surface area (Å²) >= 11 is 4.70. The summed E-state index contributed by atoms with van der Waals surface area (Å²) < 4.78 is 28.3. The van der Waals surface area contributed by atoms with Crippen molar-refractivity contribution in [1.29, 1.82) is 0 Å².